The standard InChI is InChI=1S/C12H14O2/c1-8-10(13)7-11(14)12(8)9-5-3-2-4-6-9/h2-6,10-11,13-14H,7H2,1H3/t10-,11+/m0/s1. The first-order chi connectivity index (χ1) is 6.70. The van der Waals surface area contributed by atoms with Gasteiger partial charge in [-0.15, -0.1) is 0 Å². The van der Waals surface area contributed by atoms with Gasteiger partial charge in [0.1, 0.15) is 0 Å². The molecule has 0 aromatic heterocycles. The molecule has 0 radical (unpaired) electrons. The van der Waals surface area contributed by atoms with Gasteiger partial charge in [0.05, 0.1) is 12.2 Å². The number of aliphatic hydroxyl groups is 2. The zero-order valence-electron chi connectivity index (χ0n) is 8.14. The van der Waals surface area contributed by atoms with E-state index in [9.17, 15) is 10.2 Å². The second-order valence-electron chi connectivity index (χ2n) is 3.73. The van der Waals surface area contributed by atoms with Crippen LogP contribution >= 0.6 is 0 Å². The molecular weight excluding hydrogens is 176 g/mol. The second kappa shape index (κ2) is 3.56. The lowest BCUT2D eigenvalue weighted by atomic mass is 10.0. The predicted molar refractivity (Wildman–Crippen MR) is 55.7 cm³/mol. The Morgan fingerprint density at radius 2 is 1.71 bits per heavy atom. The van der Waals surface area contributed by atoms with Crippen molar-refractivity contribution in [3.63, 3.8) is 0 Å². The molecule has 0 spiro atoms. The van der Waals surface area contributed by atoms with Gasteiger partial charge in [-0.2, -0.15) is 0 Å². The summed E-state index contributed by atoms with van der Waals surface area (Å²) in [6.07, 6.45) is -0.580. The molecule has 2 N–H and O–H groups in total. The third-order valence-corrected chi connectivity index (χ3v) is 2.79. The Morgan fingerprint density at radius 3 is 2.21 bits per heavy atom. The first-order valence-corrected chi connectivity index (χ1v) is 4.82. The van der Waals surface area contributed by atoms with Crippen LogP contribution < -0.4 is 0 Å². The highest BCUT2D eigenvalue weighted by molar-refractivity contribution is 5.74. The molecule has 1 aliphatic carbocycles. The first kappa shape index (κ1) is 9.44. The van der Waals surface area contributed by atoms with Gasteiger partial charge in [0.2, 0.25) is 0 Å². The fraction of sp³-hybridized carbons (Fsp3) is 0.333. The summed E-state index contributed by atoms with van der Waals surface area (Å²) in [7, 11) is 0. The van der Waals surface area contributed by atoms with Crippen molar-refractivity contribution in [3.05, 3.63) is 41.5 Å². The molecule has 0 heterocycles. The Balaban J connectivity index is 2.44. The van der Waals surface area contributed by atoms with E-state index in [0.717, 1.165) is 16.7 Å². The summed E-state index contributed by atoms with van der Waals surface area (Å²) in [5.41, 5.74) is 2.79. The van der Waals surface area contributed by atoms with E-state index in [2.05, 4.69) is 0 Å². The number of aliphatic hydroxyl groups excluding tert-OH is 2. The van der Waals surface area contributed by atoms with Crippen LogP contribution in [0.1, 0.15) is 18.9 Å². The monoisotopic (exact) mass is 190 g/mol. The average Bonchev–Trinajstić information content (AvgIpc) is 2.43. The van der Waals surface area contributed by atoms with Gasteiger partial charge in [0.15, 0.2) is 0 Å². The van der Waals surface area contributed by atoms with Crippen LogP contribution in [0.25, 0.3) is 5.57 Å². The lowest BCUT2D eigenvalue weighted by molar-refractivity contribution is 0.150. The molecule has 0 amide bonds. The third kappa shape index (κ3) is 1.47. The highest BCUT2D eigenvalue weighted by Crippen LogP contribution is 2.33. The number of rotatable bonds is 1. The average molecular weight is 190 g/mol. The van der Waals surface area contributed by atoms with Crippen molar-refractivity contribution in [2.75, 3.05) is 0 Å². The van der Waals surface area contributed by atoms with Crippen LogP contribution in [0.15, 0.2) is 35.9 Å². The summed E-state index contributed by atoms with van der Waals surface area (Å²) in [5, 5.41) is 19.3. The molecule has 14 heavy (non-hydrogen) atoms. The molecule has 0 unspecified atom stereocenters. The topological polar surface area (TPSA) is 40.5 Å². The van der Waals surface area contributed by atoms with Gasteiger partial charge >= 0.3 is 0 Å². The molecule has 2 rings (SSSR count). The summed E-state index contributed by atoms with van der Waals surface area (Å²) >= 11 is 0. The smallest absolute Gasteiger partial charge is 0.0824 e. The predicted octanol–water partition coefficient (Wildman–Crippen LogP) is 1.59. The summed E-state index contributed by atoms with van der Waals surface area (Å²) in [6.45, 7) is 1.88. The highest BCUT2D eigenvalue weighted by Gasteiger charge is 2.28. The van der Waals surface area contributed by atoms with Crippen LogP contribution in [-0.4, -0.2) is 22.4 Å². The molecular formula is C12H14O2. The normalized spacial score (nSPS) is 27.1. The van der Waals surface area contributed by atoms with Gasteiger partial charge in [-0.05, 0) is 23.6 Å². The largest absolute Gasteiger partial charge is 0.389 e. The van der Waals surface area contributed by atoms with Gasteiger partial charge < -0.3 is 10.2 Å². The molecule has 2 atom stereocenters. The fourth-order valence-electron chi connectivity index (χ4n) is 1.99. The minimum absolute atomic E-state index is 0.427. The van der Waals surface area contributed by atoms with Gasteiger partial charge in [0, 0.05) is 6.42 Å². The van der Waals surface area contributed by atoms with Crippen molar-refractivity contribution in [1.82, 2.24) is 0 Å². The molecule has 2 nitrogen and oxygen atoms in total. The van der Waals surface area contributed by atoms with Crippen LogP contribution in [0.4, 0.5) is 0 Å². The quantitative estimate of drug-likeness (QED) is 0.706. The van der Waals surface area contributed by atoms with E-state index < -0.39 is 12.2 Å². The number of hydrogen-bond donors (Lipinski definition) is 2. The van der Waals surface area contributed by atoms with Crippen LogP contribution in [0, 0.1) is 0 Å². The van der Waals surface area contributed by atoms with E-state index in [1.54, 1.807) is 0 Å². The lowest BCUT2D eigenvalue weighted by Crippen LogP contribution is -2.08. The van der Waals surface area contributed by atoms with Crippen molar-refractivity contribution < 1.29 is 10.2 Å². The van der Waals surface area contributed by atoms with Crippen molar-refractivity contribution in [3.8, 4) is 0 Å². The van der Waals surface area contributed by atoms with Gasteiger partial charge in [-0.3, -0.25) is 0 Å². The van der Waals surface area contributed by atoms with Gasteiger partial charge in [0.25, 0.3) is 0 Å². The first-order valence-electron chi connectivity index (χ1n) is 4.82. The van der Waals surface area contributed by atoms with E-state index in [-0.39, 0.29) is 0 Å². The van der Waals surface area contributed by atoms with Crippen LogP contribution in [0.2, 0.25) is 0 Å². The summed E-state index contributed by atoms with van der Waals surface area (Å²) in [6, 6.07) is 9.73. The van der Waals surface area contributed by atoms with Crippen molar-refractivity contribution in [2.45, 2.75) is 25.6 Å². The van der Waals surface area contributed by atoms with E-state index in [4.69, 9.17) is 0 Å². The van der Waals surface area contributed by atoms with E-state index in [1.165, 1.54) is 0 Å². The molecule has 2 heteroatoms. The maximum atomic E-state index is 9.77. The van der Waals surface area contributed by atoms with Crippen LogP contribution in [0.3, 0.4) is 0 Å². The van der Waals surface area contributed by atoms with Crippen LogP contribution in [0.5, 0.6) is 0 Å². The number of benzene rings is 1. The minimum Gasteiger partial charge on any atom is -0.389 e. The maximum absolute atomic E-state index is 9.77. The number of hydrogen-bond acceptors (Lipinski definition) is 2. The van der Waals surface area contributed by atoms with E-state index in [0.29, 0.717) is 6.42 Å². The molecule has 0 aliphatic heterocycles. The Labute approximate surface area is 83.5 Å². The van der Waals surface area contributed by atoms with Crippen LogP contribution in [-0.2, 0) is 0 Å². The van der Waals surface area contributed by atoms with Crippen molar-refractivity contribution in [1.29, 1.82) is 0 Å². The molecule has 0 fully saturated rings. The maximum Gasteiger partial charge on any atom is 0.0824 e. The molecule has 0 saturated carbocycles. The summed E-state index contributed by atoms with van der Waals surface area (Å²) < 4.78 is 0. The Bertz CT molecular complexity index is 354. The lowest BCUT2D eigenvalue weighted by Gasteiger charge is -2.08. The molecule has 74 valence electrons. The third-order valence-electron chi connectivity index (χ3n) is 2.79. The van der Waals surface area contributed by atoms with Crippen molar-refractivity contribution >= 4 is 5.57 Å². The Morgan fingerprint density at radius 1 is 1.07 bits per heavy atom. The second-order valence-corrected chi connectivity index (χ2v) is 3.73. The summed E-state index contributed by atoms with van der Waals surface area (Å²) in [5.74, 6) is 0. The molecule has 0 saturated heterocycles. The summed E-state index contributed by atoms with van der Waals surface area (Å²) in [4.78, 5) is 0. The fourth-order valence-corrected chi connectivity index (χ4v) is 1.99. The van der Waals surface area contributed by atoms with Gasteiger partial charge in [-0.25, -0.2) is 0 Å². The van der Waals surface area contributed by atoms with E-state index in [1.807, 2.05) is 37.3 Å². The molecule has 1 aromatic carbocycles. The Hall–Kier alpha value is -1.12. The zero-order valence-corrected chi connectivity index (χ0v) is 8.14. The minimum atomic E-state index is -0.521. The molecule has 0 bridgehead atoms. The van der Waals surface area contributed by atoms with Crippen molar-refractivity contribution in [2.24, 2.45) is 0 Å². The van der Waals surface area contributed by atoms with E-state index >= 15 is 0 Å². The SMILES string of the molecule is CC1=C(c2ccccc2)[C@H](O)C[C@@H]1O. The molecule has 1 aromatic rings. The molecule has 1 aliphatic rings. The van der Waals surface area contributed by atoms with Gasteiger partial charge in [-0.1, -0.05) is 30.3 Å². The zero-order chi connectivity index (χ0) is 10.1. The highest BCUT2D eigenvalue weighted by atomic mass is 16.3. The Kier molecular flexibility index (Phi) is 2.40.